The van der Waals surface area contributed by atoms with Gasteiger partial charge in [-0.1, -0.05) is 20.8 Å². The van der Waals surface area contributed by atoms with Gasteiger partial charge in [0.05, 0.1) is 13.3 Å². The first kappa shape index (κ1) is 16.8. The van der Waals surface area contributed by atoms with Gasteiger partial charge in [-0.2, -0.15) is 0 Å². The number of hydrogen-bond donors (Lipinski definition) is 0. The summed E-state index contributed by atoms with van der Waals surface area (Å²) in [6, 6.07) is 0. The van der Waals surface area contributed by atoms with Crippen molar-refractivity contribution in [2.75, 3.05) is 19.0 Å². The van der Waals surface area contributed by atoms with E-state index in [2.05, 4.69) is 13.8 Å². The van der Waals surface area contributed by atoms with Gasteiger partial charge in [-0.05, 0) is 37.4 Å². The molecular weight excluding hydrogens is 239 g/mol. The largest absolute Gasteiger partial charge is 0.465 e. The quantitative estimate of drug-likeness (QED) is 0.443. The molecule has 0 aliphatic rings. The fraction of sp³-hybridized carbons (Fsp3) is 0.923. The fourth-order valence-electron chi connectivity index (χ4n) is 1.38. The van der Waals surface area contributed by atoms with Crippen molar-refractivity contribution in [3.05, 3.63) is 0 Å². The predicted molar refractivity (Wildman–Crippen MR) is 72.2 cm³/mol. The van der Waals surface area contributed by atoms with Gasteiger partial charge in [-0.15, -0.1) is 11.8 Å². The smallest absolute Gasteiger partial charge is 0.319 e. The highest BCUT2D eigenvalue weighted by Crippen LogP contribution is 2.22. The minimum absolute atomic E-state index is 0.0823. The number of carbonyl (C=O) groups is 1. The van der Waals surface area contributed by atoms with Crippen molar-refractivity contribution >= 4 is 17.7 Å². The lowest BCUT2D eigenvalue weighted by molar-refractivity contribution is -0.143. The van der Waals surface area contributed by atoms with E-state index < -0.39 is 0 Å². The van der Waals surface area contributed by atoms with E-state index in [0.29, 0.717) is 18.9 Å². The molecule has 0 aromatic carbocycles. The van der Waals surface area contributed by atoms with E-state index >= 15 is 0 Å². The molecule has 0 fully saturated rings. The Bertz CT molecular complexity index is 198. The van der Waals surface area contributed by atoms with Crippen LogP contribution in [0.3, 0.4) is 0 Å². The highest BCUT2D eigenvalue weighted by molar-refractivity contribution is 8.00. The number of ether oxygens (including phenoxy) is 1. The molecule has 0 aromatic rings. The van der Waals surface area contributed by atoms with Crippen LogP contribution in [0.4, 0.5) is 4.39 Å². The summed E-state index contributed by atoms with van der Waals surface area (Å²) in [5.41, 5.74) is 0. The maximum absolute atomic E-state index is 12.0. The molecule has 0 spiro atoms. The van der Waals surface area contributed by atoms with Crippen LogP contribution in [-0.2, 0) is 9.53 Å². The fourth-order valence-corrected chi connectivity index (χ4v) is 2.76. The van der Waals surface area contributed by atoms with Crippen molar-refractivity contribution in [3.8, 4) is 0 Å². The Morgan fingerprint density at radius 2 is 2.06 bits per heavy atom. The summed E-state index contributed by atoms with van der Waals surface area (Å²) in [6.07, 6.45) is 3.11. The summed E-state index contributed by atoms with van der Waals surface area (Å²) < 4.78 is 17.1. The molecule has 0 aromatic heterocycles. The zero-order chi connectivity index (χ0) is 13.1. The molecule has 0 saturated heterocycles. The number of rotatable bonds is 10. The van der Waals surface area contributed by atoms with Crippen LogP contribution < -0.4 is 0 Å². The molecular formula is C13H25FO2S. The number of carbonyl (C=O) groups excluding carboxylic acids is 1. The second-order valence-corrected chi connectivity index (χ2v) is 5.86. The van der Waals surface area contributed by atoms with Crippen molar-refractivity contribution in [2.45, 2.75) is 51.7 Å². The molecule has 0 aliphatic carbocycles. The topological polar surface area (TPSA) is 26.3 Å². The van der Waals surface area contributed by atoms with E-state index in [1.165, 1.54) is 0 Å². The highest BCUT2D eigenvalue weighted by Gasteiger charge is 2.21. The predicted octanol–water partition coefficient (Wildman–Crippen LogP) is 3.84. The van der Waals surface area contributed by atoms with Crippen LogP contribution >= 0.6 is 11.8 Å². The van der Waals surface area contributed by atoms with Crippen LogP contribution in [0.5, 0.6) is 0 Å². The first-order valence-corrected chi connectivity index (χ1v) is 7.50. The summed E-state index contributed by atoms with van der Waals surface area (Å²) in [5, 5.41) is -0.0823. The number of halogens is 1. The minimum atomic E-state index is -0.268. The first-order valence-electron chi connectivity index (χ1n) is 6.46. The summed E-state index contributed by atoms with van der Waals surface area (Å²) in [4.78, 5) is 11.8. The third-order valence-corrected chi connectivity index (χ3v) is 3.56. The zero-order valence-corrected chi connectivity index (χ0v) is 12.0. The van der Waals surface area contributed by atoms with Crippen molar-refractivity contribution < 1.29 is 13.9 Å². The number of unbranched alkanes of at least 4 members (excludes halogenated alkanes) is 1. The molecule has 0 N–H and O–H groups in total. The average Bonchev–Trinajstić information content (AvgIpc) is 2.29. The Labute approximate surface area is 109 Å². The van der Waals surface area contributed by atoms with E-state index in [9.17, 15) is 9.18 Å². The van der Waals surface area contributed by atoms with E-state index in [1.54, 1.807) is 11.8 Å². The molecule has 17 heavy (non-hydrogen) atoms. The Morgan fingerprint density at radius 1 is 1.35 bits per heavy atom. The summed E-state index contributed by atoms with van der Waals surface area (Å²) >= 11 is 1.61. The van der Waals surface area contributed by atoms with Crippen LogP contribution in [0.2, 0.25) is 0 Å². The molecule has 1 atom stereocenters. The monoisotopic (exact) mass is 264 g/mol. The van der Waals surface area contributed by atoms with Gasteiger partial charge in [-0.3, -0.25) is 9.18 Å². The lowest BCUT2D eigenvalue weighted by atomic mass is 10.1. The van der Waals surface area contributed by atoms with E-state index in [0.717, 1.165) is 25.0 Å². The Balaban J connectivity index is 3.98. The molecule has 0 radical (unpaired) electrons. The van der Waals surface area contributed by atoms with Crippen molar-refractivity contribution in [1.29, 1.82) is 0 Å². The van der Waals surface area contributed by atoms with Gasteiger partial charge >= 0.3 is 5.97 Å². The standard InChI is InChI=1S/C13H25FO2S/c1-4-8-16-13(15)12(10-11(2)3)17-9-6-5-7-14/h11-12H,4-10H2,1-3H3. The molecule has 102 valence electrons. The summed E-state index contributed by atoms with van der Waals surface area (Å²) in [6.45, 7) is 6.41. The molecule has 0 rings (SSSR count). The van der Waals surface area contributed by atoms with Crippen LogP contribution in [0, 0.1) is 5.92 Å². The molecule has 0 heterocycles. The highest BCUT2D eigenvalue weighted by atomic mass is 32.2. The second-order valence-electron chi connectivity index (χ2n) is 4.55. The van der Waals surface area contributed by atoms with Gasteiger partial charge in [-0.25, -0.2) is 0 Å². The number of thioether (sulfide) groups is 1. The zero-order valence-electron chi connectivity index (χ0n) is 11.2. The molecule has 0 amide bonds. The van der Waals surface area contributed by atoms with E-state index in [1.807, 2.05) is 6.92 Å². The van der Waals surface area contributed by atoms with Crippen molar-refractivity contribution in [3.63, 3.8) is 0 Å². The van der Waals surface area contributed by atoms with Gasteiger partial charge < -0.3 is 4.74 Å². The second kappa shape index (κ2) is 10.9. The van der Waals surface area contributed by atoms with Crippen LogP contribution in [-0.4, -0.2) is 30.3 Å². The van der Waals surface area contributed by atoms with Crippen molar-refractivity contribution in [2.24, 2.45) is 5.92 Å². The SMILES string of the molecule is CCCOC(=O)C(CC(C)C)SCCCCF. The number of alkyl halides is 1. The van der Waals surface area contributed by atoms with Gasteiger partial charge in [0.15, 0.2) is 0 Å². The molecule has 1 unspecified atom stereocenters. The maximum Gasteiger partial charge on any atom is 0.319 e. The number of hydrogen-bond acceptors (Lipinski definition) is 3. The van der Waals surface area contributed by atoms with Crippen LogP contribution in [0.15, 0.2) is 0 Å². The van der Waals surface area contributed by atoms with E-state index in [-0.39, 0.29) is 17.9 Å². The lowest BCUT2D eigenvalue weighted by Crippen LogP contribution is -2.23. The Hall–Kier alpha value is -0.250. The first-order chi connectivity index (χ1) is 8.11. The Morgan fingerprint density at radius 3 is 2.59 bits per heavy atom. The Kier molecular flexibility index (Phi) is 10.7. The van der Waals surface area contributed by atoms with Gasteiger partial charge in [0.1, 0.15) is 5.25 Å². The van der Waals surface area contributed by atoms with E-state index in [4.69, 9.17) is 4.74 Å². The molecule has 4 heteroatoms. The van der Waals surface area contributed by atoms with Gasteiger partial charge in [0.2, 0.25) is 0 Å². The summed E-state index contributed by atoms with van der Waals surface area (Å²) in [7, 11) is 0. The lowest BCUT2D eigenvalue weighted by Gasteiger charge is -2.17. The summed E-state index contributed by atoms with van der Waals surface area (Å²) in [5.74, 6) is 1.20. The van der Waals surface area contributed by atoms with Crippen molar-refractivity contribution in [1.82, 2.24) is 0 Å². The minimum Gasteiger partial charge on any atom is -0.465 e. The molecule has 0 bridgehead atoms. The molecule has 2 nitrogen and oxygen atoms in total. The molecule has 0 saturated carbocycles. The maximum atomic E-state index is 12.0. The number of esters is 1. The van der Waals surface area contributed by atoms with Crippen LogP contribution in [0.1, 0.15) is 46.5 Å². The third-order valence-electron chi connectivity index (χ3n) is 2.24. The molecule has 0 aliphatic heterocycles. The normalized spacial score (nSPS) is 12.8. The van der Waals surface area contributed by atoms with Gasteiger partial charge in [0, 0.05) is 0 Å². The third kappa shape index (κ3) is 9.45. The van der Waals surface area contributed by atoms with Gasteiger partial charge in [0.25, 0.3) is 0 Å². The van der Waals surface area contributed by atoms with Crippen LogP contribution in [0.25, 0.3) is 0 Å². The average molecular weight is 264 g/mol.